The zero-order chi connectivity index (χ0) is 22.9. The van der Waals surface area contributed by atoms with Crippen LogP contribution in [0.3, 0.4) is 0 Å². The molecule has 0 saturated heterocycles. The minimum Gasteiger partial charge on any atom is -0.488 e. The molecule has 0 saturated carbocycles. The summed E-state index contributed by atoms with van der Waals surface area (Å²) in [7, 11) is 0. The van der Waals surface area contributed by atoms with E-state index in [1.807, 2.05) is 0 Å². The van der Waals surface area contributed by atoms with E-state index in [4.69, 9.17) is 16.3 Å². The van der Waals surface area contributed by atoms with Gasteiger partial charge in [0.1, 0.15) is 29.6 Å². The van der Waals surface area contributed by atoms with Crippen LogP contribution in [0.4, 0.5) is 15.8 Å². The SMILES string of the molecule is O=C(Nc1ccc2c(c1)-c1n[nH]c(C(=O)Nc3cccc(F)c3)c1CO2)c1ccccc1Cl. The van der Waals surface area contributed by atoms with Crippen molar-refractivity contribution in [2.45, 2.75) is 6.61 Å². The van der Waals surface area contributed by atoms with Gasteiger partial charge in [-0.05, 0) is 48.5 Å². The molecule has 164 valence electrons. The van der Waals surface area contributed by atoms with Crippen LogP contribution in [0.5, 0.6) is 5.75 Å². The average Bonchev–Trinajstić information content (AvgIpc) is 3.24. The number of nitrogens with zero attached hydrogens (tertiary/aromatic N) is 1. The summed E-state index contributed by atoms with van der Waals surface area (Å²) in [5.41, 5.74) is 3.12. The van der Waals surface area contributed by atoms with E-state index in [1.54, 1.807) is 48.5 Å². The van der Waals surface area contributed by atoms with Crippen LogP contribution in [0.2, 0.25) is 5.02 Å². The third kappa shape index (κ3) is 4.04. The van der Waals surface area contributed by atoms with Gasteiger partial charge in [0.2, 0.25) is 0 Å². The van der Waals surface area contributed by atoms with Crippen LogP contribution in [0, 0.1) is 5.82 Å². The number of amides is 2. The lowest BCUT2D eigenvalue weighted by atomic mass is 10.0. The molecule has 0 atom stereocenters. The molecule has 0 radical (unpaired) electrons. The maximum absolute atomic E-state index is 13.4. The van der Waals surface area contributed by atoms with Gasteiger partial charge in [0, 0.05) is 22.5 Å². The number of halogens is 2. The number of fused-ring (bicyclic) bond motifs is 3. The first-order chi connectivity index (χ1) is 16.0. The van der Waals surface area contributed by atoms with Gasteiger partial charge in [-0.1, -0.05) is 29.8 Å². The van der Waals surface area contributed by atoms with Gasteiger partial charge in [0.05, 0.1) is 10.6 Å². The fraction of sp³-hybridized carbons (Fsp3) is 0.0417. The second kappa shape index (κ2) is 8.40. The lowest BCUT2D eigenvalue weighted by molar-refractivity contribution is 0.101. The normalized spacial score (nSPS) is 11.7. The Morgan fingerprint density at radius 2 is 1.76 bits per heavy atom. The van der Waals surface area contributed by atoms with Crippen LogP contribution in [0.25, 0.3) is 11.3 Å². The largest absolute Gasteiger partial charge is 0.488 e. The Balaban J connectivity index is 1.41. The summed E-state index contributed by atoms with van der Waals surface area (Å²) >= 11 is 6.11. The number of H-pyrrole nitrogens is 1. The number of ether oxygens (including phenoxy) is 1. The van der Waals surface area contributed by atoms with E-state index in [-0.39, 0.29) is 18.2 Å². The topological polar surface area (TPSA) is 96.1 Å². The van der Waals surface area contributed by atoms with Crippen molar-refractivity contribution < 1.29 is 18.7 Å². The van der Waals surface area contributed by atoms with Crippen LogP contribution < -0.4 is 15.4 Å². The zero-order valence-corrected chi connectivity index (χ0v) is 17.7. The molecule has 0 bridgehead atoms. The summed E-state index contributed by atoms with van der Waals surface area (Å²) in [6.45, 7) is 0.135. The van der Waals surface area contributed by atoms with Crippen molar-refractivity contribution in [1.29, 1.82) is 0 Å². The molecule has 0 unspecified atom stereocenters. The first-order valence-corrected chi connectivity index (χ1v) is 10.3. The van der Waals surface area contributed by atoms with Crippen molar-refractivity contribution in [2.24, 2.45) is 0 Å². The Labute approximate surface area is 192 Å². The predicted octanol–water partition coefficient (Wildman–Crippen LogP) is 5.27. The quantitative estimate of drug-likeness (QED) is 0.385. The third-order valence-corrected chi connectivity index (χ3v) is 5.49. The van der Waals surface area contributed by atoms with Crippen molar-refractivity contribution in [2.75, 3.05) is 10.6 Å². The number of carbonyl (C=O) groups excluding carboxylic acids is 2. The fourth-order valence-corrected chi connectivity index (χ4v) is 3.81. The maximum atomic E-state index is 13.4. The summed E-state index contributed by atoms with van der Waals surface area (Å²) in [5, 5.41) is 12.8. The Hall–Kier alpha value is -4.17. The van der Waals surface area contributed by atoms with Crippen molar-refractivity contribution in [3.8, 4) is 17.0 Å². The molecule has 2 amide bonds. The number of hydrogen-bond donors (Lipinski definition) is 3. The molecule has 1 aliphatic rings. The first kappa shape index (κ1) is 20.7. The van der Waals surface area contributed by atoms with Crippen LogP contribution in [-0.2, 0) is 6.61 Å². The number of rotatable bonds is 4. The molecule has 7 nitrogen and oxygen atoms in total. The molecule has 9 heteroatoms. The molecule has 3 N–H and O–H groups in total. The van der Waals surface area contributed by atoms with Gasteiger partial charge in [0.25, 0.3) is 11.8 Å². The minimum atomic E-state index is -0.468. The molecule has 0 fully saturated rings. The van der Waals surface area contributed by atoms with E-state index in [0.717, 1.165) is 0 Å². The highest BCUT2D eigenvalue weighted by molar-refractivity contribution is 6.34. The number of benzene rings is 3. The number of aromatic nitrogens is 2. The molecular formula is C24H16ClFN4O3. The van der Waals surface area contributed by atoms with Crippen LogP contribution in [0.1, 0.15) is 26.4 Å². The Bertz CT molecular complexity index is 1400. The second-order valence-corrected chi connectivity index (χ2v) is 7.73. The number of anilines is 2. The van der Waals surface area contributed by atoms with Gasteiger partial charge < -0.3 is 15.4 Å². The van der Waals surface area contributed by atoms with Gasteiger partial charge >= 0.3 is 0 Å². The molecule has 5 rings (SSSR count). The van der Waals surface area contributed by atoms with E-state index >= 15 is 0 Å². The zero-order valence-electron chi connectivity index (χ0n) is 17.0. The van der Waals surface area contributed by atoms with Crippen molar-refractivity contribution in [3.05, 3.63) is 94.4 Å². The molecule has 0 aliphatic carbocycles. The molecular weight excluding hydrogens is 447 g/mol. The predicted molar refractivity (Wildman–Crippen MR) is 122 cm³/mol. The lowest BCUT2D eigenvalue weighted by Gasteiger charge is -2.18. The highest BCUT2D eigenvalue weighted by Crippen LogP contribution is 2.39. The fourth-order valence-electron chi connectivity index (χ4n) is 3.59. The maximum Gasteiger partial charge on any atom is 0.274 e. The number of aromatic amines is 1. The Morgan fingerprint density at radius 1 is 0.970 bits per heavy atom. The minimum absolute atomic E-state index is 0.135. The smallest absolute Gasteiger partial charge is 0.274 e. The highest BCUT2D eigenvalue weighted by atomic mass is 35.5. The summed E-state index contributed by atoms with van der Waals surface area (Å²) in [6, 6.07) is 17.5. The van der Waals surface area contributed by atoms with Gasteiger partial charge in [-0.25, -0.2) is 4.39 Å². The molecule has 33 heavy (non-hydrogen) atoms. The number of hydrogen-bond acceptors (Lipinski definition) is 4. The standard InChI is InChI=1S/C24H16ClFN4O3/c25-19-7-2-1-6-16(19)23(31)27-15-8-9-20-17(11-15)21-18(12-33-20)22(30-29-21)24(32)28-14-5-3-4-13(26)10-14/h1-11H,12H2,(H,27,31)(H,28,32)(H,29,30). The van der Waals surface area contributed by atoms with Crippen LogP contribution in [-0.4, -0.2) is 22.0 Å². The van der Waals surface area contributed by atoms with Gasteiger partial charge in [-0.15, -0.1) is 0 Å². The Morgan fingerprint density at radius 3 is 2.58 bits per heavy atom. The summed E-state index contributed by atoms with van der Waals surface area (Å²) < 4.78 is 19.2. The van der Waals surface area contributed by atoms with E-state index in [1.165, 1.54) is 18.2 Å². The van der Waals surface area contributed by atoms with Crippen LogP contribution in [0.15, 0.2) is 66.7 Å². The molecule has 1 aromatic heterocycles. The van der Waals surface area contributed by atoms with Crippen molar-refractivity contribution in [1.82, 2.24) is 10.2 Å². The number of nitrogens with one attached hydrogen (secondary N) is 3. The molecule has 3 aromatic carbocycles. The molecule has 2 heterocycles. The van der Waals surface area contributed by atoms with E-state index in [9.17, 15) is 14.0 Å². The summed E-state index contributed by atoms with van der Waals surface area (Å²) in [5.74, 6) is -0.704. The van der Waals surface area contributed by atoms with Gasteiger partial charge in [0.15, 0.2) is 0 Å². The van der Waals surface area contributed by atoms with E-state index < -0.39 is 11.7 Å². The number of carbonyl (C=O) groups is 2. The van der Waals surface area contributed by atoms with Gasteiger partial charge in [-0.3, -0.25) is 14.7 Å². The monoisotopic (exact) mass is 462 g/mol. The molecule has 4 aromatic rings. The van der Waals surface area contributed by atoms with Crippen LogP contribution >= 0.6 is 11.6 Å². The lowest BCUT2D eigenvalue weighted by Crippen LogP contribution is -2.16. The second-order valence-electron chi connectivity index (χ2n) is 7.32. The third-order valence-electron chi connectivity index (χ3n) is 5.16. The Kier molecular flexibility index (Phi) is 5.27. The van der Waals surface area contributed by atoms with E-state index in [0.29, 0.717) is 44.5 Å². The summed E-state index contributed by atoms with van der Waals surface area (Å²) in [4.78, 5) is 25.4. The van der Waals surface area contributed by atoms with E-state index in [2.05, 4.69) is 20.8 Å². The first-order valence-electron chi connectivity index (χ1n) is 9.97. The molecule has 1 aliphatic heterocycles. The van der Waals surface area contributed by atoms with Crippen molar-refractivity contribution >= 4 is 34.8 Å². The van der Waals surface area contributed by atoms with Crippen molar-refractivity contribution in [3.63, 3.8) is 0 Å². The summed E-state index contributed by atoms with van der Waals surface area (Å²) in [6.07, 6.45) is 0. The molecule has 0 spiro atoms. The highest BCUT2D eigenvalue weighted by Gasteiger charge is 2.27. The van der Waals surface area contributed by atoms with Gasteiger partial charge in [-0.2, -0.15) is 5.10 Å². The average molecular weight is 463 g/mol.